The molecule has 0 spiro atoms. The van der Waals surface area contributed by atoms with E-state index < -0.39 is 0 Å². The number of aryl methyl sites for hydroxylation is 2. The van der Waals surface area contributed by atoms with Crippen molar-refractivity contribution in [1.82, 2.24) is 0 Å². The van der Waals surface area contributed by atoms with Gasteiger partial charge >= 0.3 is 0 Å². The summed E-state index contributed by atoms with van der Waals surface area (Å²) in [5.41, 5.74) is 4.52. The third-order valence-corrected chi connectivity index (χ3v) is 3.64. The van der Waals surface area contributed by atoms with Gasteiger partial charge in [-0.15, -0.1) is 0 Å². The van der Waals surface area contributed by atoms with E-state index in [-0.39, 0.29) is 0 Å². The zero-order valence-electron chi connectivity index (χ0n) is 12.5. The lowest BCUT2D eigenvalue weighted by Gasteiger charge is -2.10. The molecular formula is C18H29. The van der Waals surface area contributed by atoms with Gasteiger partial charge in [0.1, 0.15) is 0 Å². The Labute approximate surface area is 114 Å². The van der Waals surface area contributed by atoms with Gasteiger partial charge in [-0.3, -0.25) is 0 Å². The number of benzene rings is 1. The highest BCUT2D eigenvalue weighted by Crippen LogP contribution is 2.18. The van der Waals surface area contributed by atoms with Gasteiger partial charge < -0.3 is 0 Å². The van der Waals surface area contributed by atoms with E-state index in [0.29, 0.717) is 0 Å². The van der Waals surface area contributed by atoms with E-state index >= 15 is 0 Å². The molecule has 18 heavy (non-hydrogen) atoms. The first-order chi connectivity index (χ1) is 8.81. The molecule has 0 fully saturated rings. The van der Waals surface area contributed by atoms with Crippen molar-refractivity contribution in [2.45, 2.75) is 72.1 Å². The molecule has 0 unspecified atom stereocenters. The average Bonchev–Trinajstić information content (AvgIpc) is 2.40. The first kappa shape index (κ1) is 15.3. The van der Waals surface area contributed by atoms with Gasteiger partial charge in [-0.1, -0.05) is 64.7 Å². The van der Waals surface area contributed by atoms with Gasteiger partial charge in [-0.25, -0.2) is 0 Å². The Balaban J connectivity index is 2.62. The highest BCUT2D eigenvalue weighted by atomic mass is 14.1. The highest BCUT2D eigenvalue weighted by Gasteiger charge is 2.03. The molecular weight excluding hydrogens is 216 g/mol. The van der Waals surface area contributed by atoms with Gasteiger partial charge in [0, 0.05) is 0 Å². The van der Waals surface area contributed by atoms with Gasteiger partial charge in [-0.05, 0) is 48.8 Å². The van der Waals surface area contributed by atoms with Crippen LogP contribution in [0.5, 0.6) is 0 Å². The van der Waals surface area contributed by atoms with Crippen molar-refractivity contribution >= 4 is 0 Å². The zero-order chi connectivity index (χ0) is 13.2. The molecule has 0 aliphatic heterocycles. The van der Waals surface area contributed by atoms with Gasteiger partial charge in [0.15, 0.2) is 0 Å². The Hall–Kier alpha value is -0.780. The minimum atomic E-state index is 1.25. The van der Waals surface area contributed by atoms with E-state index in [1.165, 1.54) is 62.5 Å². The summed E-state index contributed by atoms with van der Waals surface area (Å²) in [5, 5.41) is 0. The largest absolute Gasteiger partial charge is 0.0654 e. The summed E-state index contributed by atoms with van der Waals surface area (Å²) in [6.45, 7) is 6.69. The Morgan fingerprint density at radius 3 is 2.17 bits per heavy atom. The maximum absolute atomic E-state index is 2.45. The predicted molar refractivity (Wildman–Crippen MR) is 82.0 cm³/mol. The first-order valence-corrected chi connectivity index (χ1v) is 7.73. The van der Waals surface area contributed by atoms with Crippen molar-refractivity contribution in [3.05, 3.63) is 41.3 Å². The molecule has 0 aliphatic rings. The van der Waals surface area contributed by atoms with Crippen LogP contribution in [0.3, 0.4) is 0 Å². The van der Waals surface area contributed by atoms with E-state index in [1.807, 2.05) is 0 Å². The van der Waals surface area contributed by atoms with Crippen LogP contribution in [0.4, 0.5) is 0 Å². The standard InChI is InChI=1S/C18H29/c1-4-7-9-11-16-13-14-17(6-3)18(15-16)12-10-8-5-2/h6,13-15H,4-5,7-12H2,1-3H3. The van der Waals surface area contributed by atoms with Crippen LogP contribution in [0.1, 0.15) is 76.0 Å². The van der Waals surface area contributed by atoms with Crippen LogP contribution in [0.25, 0.3) is 0 Å². The van der Waals surface area contributed by atoms with E-state index in [0.717, 1.165) is 0 Å². The molecule has 0 heterocycles. The van der Waals surface area contributed by atoms with Crippen LogP contribution in [0, 0.1) is 6.42 Å². The van der Waals surface area contributed by atoms with Crippen LogP contribution < -0.4 is 0 Å². The maximum atomic E-state index is 2.45. The summed E-state index contributed by atoms with van der Waals surface area (Å²) >= 11 is 0. The Morgan fingerprint density at radius 1 is 0.889 bits per heavy atom. The monoisotopic (exact) mass is 245 g/mol. The Kier molecular flexibility index (Phi) is 7.80. The smallest absolute Gasteiger partial charge is 0.0121 e. The average molecular weight is 245 g/mol. The van der Waals surface area contributed by atoms with Crippen LogP contribution in [-0.2, 0) is 12.8 Å². The molecule has 0 saturated carbocycles. The molecule has 0 bridgehead atoms. The fraction of sp³-hybridized carbons (Fsp3) is 0.611. The maximum Gasteiger partial charge on any atom is -0.0121 e. The SMILES string of the molecule is C[CH]c1ccc(CCCCC)cc1CCCCC. The zero-order valence-corrected chi connectivity index (χ0v) is 12.5. The molecule has 0 amide bonds. The minimum Gasteiger partial charge on any atom is -0.0654 e. The molecule has 101 valence electrons. The summed E-state index contributed by atoms with van der Waals surface area (Å²) < 4.78 is 0. The molecule has 0 aromatic heterocycles. The van der Waals surface area contributed by atoms with E-state index in [1.54, 1.807) is 5.56 Å². The third kappa shape index (κ3) is 5.25. The van der Waals surface area contributed by atoms with Crippen molar-refractivity contribution in [1.29, 1.82) is 0 Å². The molecule has 0 saturated heterocycles. The van der Waals surface area contributed by atoms with E-state index in [2.05, 4.69) is 45.4 Å². The molecule has 1 radical (unpaired) electrons. The van der Waals surface area contributed by atoms with Crippen LogP contribution in [0.15, 0.2) is 18.2 Å². The summed E-state index contributed by atoms with van der Waals surface area (Å²) in [7, 11) is 0. The number of unbranched alkanes of at least 4 members (excludes halogenated alkanes) is 4. The van der Waals surface area contributed by atoms with Crippen molar-refractivity contribution in [2.75, 3.05) is 0 Å². The van der Waals surface area contributed by atoms with Crippen molar-refractivity contribution in [2.24, 2.45) is 0 Å². The van der Waals surface area contributed by atoms with Crippen LogP contribution >= 0.6 is 0 Å². The summed E-state index contributed by atoms with van der Waals surface area (Å²) in [6.07, 6.45) is 12.7. The normalized spacial score (nSPS) is 10.8. The molecule has 0 aliphatic carbocycles. The van der Waals surface area contributed by atoms with Gasteiger partial charge in [-0.2, -0.15) is 0 Å². The summed E-state index contributed by atoms with van der Waals surface area (Å²) in [4.78, 5) is 0. The number of hydrogen-bond acceptors (Lipinski definition) is 0. The van der Waals surface area contributed by atoms with E-state index in [9.17, 15) is 0 Å². The second-order valence-corrected chi connectivity index (χ2v) is 5.24. The summed E-state index contributed by atoms with van der Waals surface area (Å²) in [5.74, 6) is 0. The molecule has 0 heteroatoms. The lowest BCUT2D eigenvalue weighted by molar-refractivity contribution is 0.707. The van der Waals surface area contributed by atoms with Crippen molar-refractivity contribution in [3.63, 3.8) is 0 Å². The highest BCUT2D eigenvalue weighted by molar-refractivity contribution is 5.36. The van der Waals surface area contributed by atoms with Crippen molar-refractivity contribution in [3.8, 4) is 0 Å². The third-order valence-electron chi connectivity index (χ3n) is 3.64. The van der Waals surface area contributed by atoms with Gasteiger partial charge in [0.05, 0.1) is 0 Å². The van der Waals surface area contributed by atoms with Gasteiger partial charge in [0.25, 0.3) is 0 Å². The lowest BCUT2D eigenvalue weighted by Crippen LogP contribution is -1.95. The quantitative estimate of drug-likeness (QED) is 0.488. The summed E-state index contributed by atoms with van der Waals surface area (Å²) in [6, 6.07) is 7.07. The molecule has 0 N–H and O–H groups in total. The van der Waals surface area contributed by atoms with Gasteiger partial charge in [0.2, 0.25) is 0 Å². The van der Waals surface area contributed by atoms with Crippen molar-refractivity contribution < 1.29 is 0 Å². The Bertz CT molecular complexity index is 325. The number of hydrogen-bond donors (Lipinski definition) is 0. The van der Waals surface area contributed by atoms with E-state index in [4.69, 9.17) is 0 Å². The molecule has 1 rings (SSSR count). The fourth-order valence-electron chi connectivity index (χ4n) is 2.46. The number of rotatable bonds is 9. The Morgan fingerprint density at radius 2 is 1.56 bits per heavy atom. The predicted octanol–water partition coefficient (Wildman–Crippen LogP) is 5.72. The molecule has 1 aromatic carbocycles. The second-order valence-electron chi connectivity index (χ2n) is 5.24. The van der Waals surface area contributed by atoms with Crippen LogP contribution in [0.2, 0.25) is 0 Å². The fourth-order valence-corrected chi connectivity index (χ4v) is 2.46. The molecule has 0 atom stereocenters. The lowest BCUT2D eigenvalue weighted by atomic mass is 9.95. The minimum absolute atomic E-state index is 1.25. The molecule has 1 aromatic rings. The first-order valence-electron chi connectivity index (χ1n) is 7.73. The van der Waals surface area contributed by atoms with Crippen LogP contribution in [-0.4, -0.2) is 0 Å². The second kappa shape index (κ2) is 9.19. The molecule has 0 nitrogen and oxygen atoms in total. The topological polar surface area (TPSA) is 0 Å².